The molecular weight excluding hydrogens is 158 g/mol. The molecule has 0 aliphatic heterocycles. The van der Waals surface area contributed by atoms with E-state index < -0.39 is 18.5 Å². The average Bonchev–Trinajstić information content (AvgIpc) is 2.10. The lowest BCUT2D eigenvalue weighted by atomic mass is 10.2. The highest BCUT2D eigenvalue weighted by Crippen LogP contribution is 1.85. The van der Waals surface area contributed by atoms with Gasteiger partial charge in [-0.3, -0.25) is 4.79 Å². The molecular formula is C8H17NO3. The van der Waals surface area contributed by atoms with Crippen molar-refractivity contribution in [2.24, 2.45) is 0 Å². The minimum atomic E-state index is -1.06. The lowest BCUT2D eigenvalue weighted by Gasteiger charge is -2.08. The molecule has 4 heteroatoms. The van der Waals surface area contributed by atoms with Crippen LogP contribution in [0.2, 0.25) is 0 Å². The first-order valence-electron chi connectivity index (χ1n) is 4.24. The Hall–Kier alpha value is -0.450. The van der Waals surface area contributed by atoms with Gasteiger partial charge in [0.05, 0.1) is 0 Å². The summed E-state index contributed by atoms with van der Waals surface area (Å²) in [6.45, 7) is 2.51. The van der Waals surface area contributed by atoms with Crippen molar-refractivity contribution in [3.8, 4) is 0 Å². The molecule has 0 aromatic carbocycles. The number of carbonyl (C=O) groups excluding carboxylic acids is 1. The summed E-state index contributed by atoms with van der Waals surface area (Å²) in [5.41, 5.74) is 0. The van der Waals surface area contributed by atoms with Gasteiger partial charge >= 0.3 is 0 Å². The Morgan fingerprint density at radius 1 is 1.58 bits per heavy atom. The van der Waals surface area contributed by atoms with Crippen LogP contribution in [-0.2, 0) is 4.79 Å². The van der Waals surface area contributed by atoms with Crippen LogP contribution in [0, 0.1) is 0 Å². The Bertz CT molecular complexity index is 127. The minimum absolute atomic E-state index is 0.236. The third-order valence-electron chi connectivity index (χ3n) is 1.57. The van der Waals surface area contributed by atoms with Crippen molar-refractivity contribution in [2.45, 2.75) is 25.9 Å². The van der Waals surface area contributed by atoms with E-state index in [0.717, 1.165) is 19.4 Å². The van der Waals surface area contributed by atoms with Gasteiger partial charge in [-0.15, -0.1) is 0 Å². The molecule has 1 atom stereocenters. The van der Waals surface area contributed by atoms with Gasteiger partial charge < -0.3 is 15.5 Å². The van der Waals surface area contributed by atoms with Crippen LogP contribution < -0.4 is 5.32 Å². The maximum atomic E-state index is 10.6. The van der Waals surface area contributed by atoms with Crippen molar-refractivity contribution in [1.82, 2.24) is 5.32 Å². The van der Waals surface area contributed by atoms with E-state index in [4.69, 9.17) is 10.2 Å². The number of hydrogen-bond acceptors (Lipinski definition) is 4. The molecule has 0 radical (unpaired) electrons. The van der Waals surface area contributed by atoms with Crippen LogP contribution in [0.4, 0.5) is 0 Å². The number of unbranched alkanes of at least 4 members (excludes halogenated alkanes) is 1. The Kier molecular flexibility index (Phi) is 6.94. The van der Waals surface area contributed by atoms with E-state index in [1.165, 1.54) is 0 Å². The van der Waals surface area contributed by atoms with E-state index in [1.54, 1.807) is 0 Å². The Labute approximate surface area is 72.6 Å². The first-order valence-corrected chi connectivity index (χ1v) is 4.24. The number of hydrogen-bond donors (Lipinski definition) is 3. The highest BCUT2D eigenvalue weighted by molar-refractivity contribution is 5.83. The van der Waals surface area contributed by atoms with E-state index in [2.05, 4.69) is 12.2 Å². The number of nitrogens with one attached hydrogen (secondary N) is 1. The molecule has 0 aliphatic carbocycles. The second kappa shape index (κ2) is 7.21. The molecule has 0 spiro atoms. The van der Waals surface area contributed by atoms with Gasteiger partial charge in [0.2, 0.25) is 0 Å². The highest BCUT2D eigenvalue weighted by Gasteiger charge is 2.11. The molecule has 0 aromatic rings. The molecule has 72 valence electrons. The third kappa shape index (κ3) is 5.23. The quantitative estimate of drug-likeness (QED) is 0.447. The van der Waals surface area contributed by atoms with E-state index in [1.807, 2.05) is 0 Å². The summed E-state index contributed by atoms with van der Waals surface area (Å²) in [6, 6.07) is 0. The zero-order chi connectivity index (χ0) is 9.40. The molecule has 0 saturated heterocycles. The molecule has 4 nitrogen and oxygen atoms in total. The second-order valence-corrected chi connectivity index (χ2v) is 2.70. The van der Waals surface area contributed by atoms with E-state index in [9.17, 15) is 4.79 Å². The number of ketones is 1. The summed E-state index contributed by atoms with van der Waals surface area (Å²) in [6.07, 6.45) is 1.05. The fraction of sp³-hybridized carbons (Fsp3) is 0.875. The Morgan fingerprint density at radius 3 is 2.75 bits per heavy atom. The average molecular weight is 175 g/mol. The predicted molar refractivity (Wildman–Crippen MR) is 45.9 cm³/mol. The molecule has 0 amide bonds. The highest BCUT2D eigenvalue weighted by atomic mass is 16.3. The maximum absolute atomic E-state index is 10.6. The van der Waals surface area contributed by atoms with Gasteiger partial charge in [-0.2, -0.15) is 0 Å². The lowest BCUT2D eigenvalue weighted by Crippen LogP contribution is -2.35. The van der Waals surface area contributed by atoms with Gasteiger partial charge in [0, 0.05) is 6.54 Å². The standard InChI is InChI=1S/C8H17NO3/c1-2-3-4-9-5-7(11)8(12)6-10/h7,9-11H,2-6H2,1H3. The second-order valence-electron chi connectivity index (χ2n) is 2.70. The van der Waals surface area contributed by atoms with Gasteiger partial charge in [-0.05, 0) is 13.0 Å². The number of Topliss-reactive ketones (excluding diaryl/α,β-unsaturated/α-hetero) is 1. The van der Waals surface area contributed by atoms with Crippen molar-refractivity contribution in [2.75, 3.05) is 19.7 Å². The number of aliphatic hydroxyl groups excluding tert-OH is 2. The van der Waals surface area contributed by atoms with Crippen LogP contribution in [0.25, 0.3) is 0 Å². The van der Waals surface area contributed by atoms with Crippen molar-refractivity contribution in [3.63, 3.8) is 0 Å². The molecule has 1 unspecified atom stereocenters. The summed E-state index contributed by atoms with van der Waals surface area (Å²) in [4.78, 5) is 10.6. The van der Waals surface area contributed by atoms with Crippen LogP contribution in [0.5, 0.6) is 0 Å². The molecule has 0 aliphatic rings. The summed E-state index contributed by atoms with van der Waals surface area (Å²) < 4.78 is 0. The molecule has 0 saturated carbocycles. The Morgan fingerprint density at radius 2 is 2.25 bits per heavy atom. The topological polar surface area (TPSA) is 69.6 Å². The summed E-state index contributed by atoms with van der Waals surface area (Å²) in [5, 5.41) is 20.3. The number of carbonyl (C=O) groups is 1. The van der Waals surface area contributed by atoms with Crippen molar-refractivity contribution < 1.29 is 15.0 Å². The summed E-state index contributed by atoms with van der Waals surface area (Å²) in [5.74, 6) is -0.529. The fourth-order valence-corrected chi connectivity index (χ4v) is 0.760. The van der Waals surface area contributed by atoms with E-state index in [0.29, 0.717) is 0 Å². The zero-order valence-corrected chi connectivity index (χ0v) is 7.42. The first kappa shape index (κ1) is 11.6. The molecule has 12 heavy (non-hydrogen) atoms. The smallest absolute Gasteiger partial charge is 0.187 e. The number of rotatable bonds is 7. The maximum Gasteiger partial charge on any atom is 0.187 e. The molecule has 0 bridgehead atoms. The molecule has 0 rings (SSSR count). The van der Waals surface area contributed by atoms with Crippen LogP contribution in [0.15, 0.2) is 0 Å². The molecule has 0 fully saturated rings. The Balaban J connectivity index is 3.31. The first-order chi connectivity index (χ1) is 5.72. The molecule has 0 aromatic heterocycles. The van der Waals surface area contributed by atoms with Gasteiger partial charge in [0.15, 0.2) is 5.78 Å². The van der Waals surface area contributed by atoms with Crippen molar-refractivity contribution >= 4 is 5.78 Å². The van der Waals surface area contributed by atoms with E-state index in [-0.39, 0.29) is 6.54 Å². The normalized spacial score (nSPS) is 12.9. The van der Waals surface area contributed by atoms with Crippen LogP contribution in [0.3, 0.4) is 0 Å². The van der Waals surface area contributed by atoms with Crippen LogP contribution >= 0.6 is 0 Å². The third-order valence-corrected chi connectivity index (χ3v) is 1.57. The predicted octanol–water partition coefficient (Wildman–Crippen LogP) is -0.702. The van der Waals surface area contributed by atoms with Gasteiger partial charge in [0.25, 0.3) is 0 Å². The van der Waals surface area contributed by atoms with Crippen molar-refractivity contribution in [3.05, 3.63) is 0 Å². The van der Waals surface area contributed by atoms with Crippen LogP contribution in [0.1, 0.15) is 19.8 Å². The molecule has 3 N–H and O–H groups in total. The summed E-state index contributed by atoms with van der Waals surface area (Å²) >= 11 is 0. The largest absolute Gasteiger partial charge is 0.388 e. The molecule has 0 heterocycles. The van der Waals surface area contributed by atoms with Crippen molar-refractivity contribution in [1.29, 1.82) is 0 Å². The van der Waals surface area contributed by atoms with Gasteiger partial charge in [-0.1, -0.05) is 13.3 Å². The summed E-state index contributed by atoms with van der Waals surface area (Å²) in [7, 11) is 0. The number of aliphatic hydroxyl groups is 2. The fourth-order valence-electron chi connectivity index (χ4n) is 0.760. The van der Waals surface area contributed by atoms with Gasteiger partial charge in [-0.25, -0.2) is 0 Å². The lowest BCUT2D eigenvalue weighted by molar-refractivity contribution is -0.129. The SMILES string of the molecule is CCCCNCC(O)C(=O)CO. The van der Waals surface area contributed by atoms with Gasteiger partial charge in [0.1, 0.15) is 12.7 Å². The van der Waals surface area contributed by atoms with E-state index >= 15 is 0 Å². The van der Waals surface area contributed by atoms with Crippen LogP contribution in [-0.4, -0.2) is 41.8 Å². The minimum Gasteiger partial charge on any atom is -0.388 e. The zero-order valence-electron chi connectivity index (χ0n) is 7.42. The monoisotopic (exact) mass is 175 g/mol.